The Labute approximate surface area is 82.5 Å². The summed E-state index contributed by atoms with van der Waals surface area (Å²) in [6, 6.07) is -0.0598. The first-order valence-electron chi connectivity index (χ1n) is 3.70. The molecule has 15 heavy (non-hydrogen) atoms. The van der Waals surface area contributed by atoms with Gasteiger partial charge in [-0.3, -0.25) is 0 Å². The second kappa shape index (κ2) is 3.91. The van der Waals surface area contributed by atoms with Gasteiger partial charge in [0.1, 0.15) is 0 Å². The van der Waals surface area contributed by atoms with Gasteiger partial charge in [-0.1, -0.05) is 0 Å². The Kier molecular flexibility index (Phi) is 2.84. The van der Waals surface area contributed by atoms with Crippen LogP contribution < -0.4 is 11.1 Å². The number of nitrogens with two attached hydrogens (primary N) is 1. The maximum atomic E-state index is 12.7. The van der Waals surface area contributed by atoms with Gasteiger partial charge in [0.05, 0.1) is 11.3 Å². The standard InChI is InChI=1S/C8H6F2N2O3/c9-4-1-3(7(13)14)6(2-5(4)10)12-8(11)15/h1-2H,(H,13,14)(H3,11,12,15). The molecule has 7 heteroatoms. The lowest BCUT2D eigenvalue weighted by atomic mass is 10.1. The molecule has 2 amide bonds. The highest BCUT2D eigenvalue weighted by Gasteiger charge is 2.15. The lowest BCUT2D eigenvalue weighted by Crippen LogP contribution is -2.21. The molecule has 4 N–H and O–H groups in total. The number of nitrogens with one attached hydrogen (secondary N) is 1. The van der Waals surface area contributed by atoms with Crippen LogP contribution in [-0.2, 0) is 0 Å². The van der Waals surface area contributed by atoms with Gasteiger partial charge in [0.15, 0.2) is 11.6 Å². The van der Waals surface area contributed by atoms with E-state index in [1.165, 1.54) is 0 Å². The van der Waals surface area contributed by atoms with E-state index in [1.54, 1.807) is 0 Å². The lowest BCUT2D eigenvalue weighted by molar-refractivity contribution is 0.0697. The average molecular weight is 216 g/mol. The van der Waals surface area contributed by atoms with Crippen molar-refractivity contribution in [3.63, 3.8) is 0 Å². The Morgan fingerprint density at radius 1 is 1.27 bits per heavy atom. The van der Waals surface area contributed by atoms with Crippen LogP contribution in [0.25, 0.3) is 0 Å². The molecule has 0 unspecified atom stereocenters. The van der Waals surface area contributed by atoms with Gasteiger partial charge in [-0.2, -0.15) is 0 Å². The smallest absolute Gasteiger partial charge is 0.337 e. The third-order valence-corrected chi connectivity index (χ3v) is 1.55. The van der Waals surface area contributed by atoms with Crippen LogP contribution >= 0.6 is 0 Å². The fourth-order valence-corrected chi connectivity index (χ4v) is 0.960. The van der Waals surface area contributed by atoms with Gasteiger partial charge in [-0.05, 0) is 6.07 Å². The largest absolute Gasteiger partial charge is 0.478 e. The summed E-state index contributed by atoms with van der Waals surface area (Å²) in [7, 11) is 0. The molecule has 0 aliphatic carbocycles. The zero-order valence-corrected chi connectivity index (χ0v) is 7.25. The van der Waals surface area contributed by atoms with E-state index in [-0.39, 0.29) is 0 Å². The van der Waals surface area contributed by atoms with Crippen molar-refractivity contribution in [3.05, 3.63) is 29.3 Å². The first kappa shape index (κ1) is 10.9. The van der Waals surface area contributed by atoms with Gasteiger partial charge < -0.3 is 16.2 Å². The van der Waals surface area contributed by atoms with Crippen molar-refractivity contribution < 1.29 is 23.5 Å². The molecule has 0 spiro atoms. The van der Waals surface area contributed by atoms with Crippen LogP contribution in [0.2, 0.25) is 0 Å². The van der Waals surface area contributed by atoms with E-state index in [4.69, 9.17) is 10.8 Å². The highest BCUT2D eigenvalue weighted by molar-refractivity contribution is 5.99. The topological polar surface area (TPSA) is 92.4 Å². The van der Waals surface area contributed by atoms with E-state index in [0.717, 1.165) is 0 Å². The molecule has 0 atom stereocenters. The Bertz CT molecular complexity index is 434. The quantitative estimate of drug-likeness (QED) is 0.692. The third-order valence-electron chi connectivity index (χ3n) is 1.55. The molecule has 0 bridgehead atoms. The fourth-order valence-electron chi connectivity index (χ4n) is 0.960. The SMILES string of the molecule is NC(=O)Nc1cc(F)c(F)cc1C(=O)O. The van der Waals surface area contributed by atoms with E-state index in [9.17, 15) is 18.4 Å². The van der Waals surface area contributed by atoms with Gasteiger partial charge in [-0.15, -0.1) is 0 Å². The zero-order chi connectivity index (χ0) is 11.6. The molecule has 0 aliphatic heterocycles. The van der Waals surface area contributed by atoms with Gasteiger partial charge in [0, 0.05) is 6.07 Å². The molecule has 0 radical (unpaired) electrons. The molecule has 5 nitrogen and oxygen atoms in total. The van der Waals surface area contributed by atoms with E-state index in [2.05, 4.69) is 0 Å². The van der Waals surface area contributed by atoms with Crippen molar-refractivity contribution in [2.45, 2.75) is 0 Å². The van der Waals surface area contributed by atoms with Crippen molar-refractivity contribution in [2.24, 2.45) is 5.73 Å². The number of carboxylic acid groups (broad SMARTS) is 1. The van der Waals surface area contributed by atoms with Crippen LogP contribution in [0.5, 0.6) is 0 Å². The van der Waals surface area contributed by atoms with Crippen molar-refractivity contribution in [1.29, 1.82) is 0 Å². The number of primary amides is 1. The van der Waals surface area contributed by atoms with Crippen molar-refractivity contribution in [1.82, 2.24) is 0 Å². The summed E-state index contributed by atoms with van der Waals surface area (Å²) >= 11 is 0. The highest BCUT2D eigenvalue weighted by atomic mass is 19.2. The predicted octanol–water partition coefficient (Wildman–Crippen LogP) is 1.15. The first-order chi connectivity index (χ1) is 6.91. The first-order valence-corrected chi connectivity index (χ1v) is 3.70. The Morgan fingerprint density at radius 3 is 2.27 bits per heavy atom. The molecular weight excluding hydrogens is 210 g/mol. The number of halogens is 2. The molecule has 1 rings (SSSR count). The maximum absolute atomic E-state index is 12.7. The number of aromatic carboxylic acids is 1. The van der Waals surface area contributed by atoms with E-state index in [0.29, 0.717) is 12.1 Å². The summed E-state index contributed by atoms with van der Waals surface area (Å²) in [6.45, 7) is 0. The summed E-state index contributed by atoms with van der Waals surface area (Å²) in [5, 5.41) is 10.5. The summed E-state index contributed by atoms with van der Waals surface area (Å²) in [5.41, 5.74) is 3.75. The minimum atomic E-state index is -1.50. The number of hydrogen-bond acceptors (Lipinski definition) is 2. The Balaban J connectivity index is 3.28. The monoisotopic (exact) mass is 216 g/mol. The molecule has 0 saturated carbocycles. The normalized spacial score (nSPS) is 9.73. The van der Waals surface area contributed by atoms with Crippen LogP contribution in [0.3, 0.4) is 0 Å². The van der Waals surface area contributed by atoms with Crippen molar-refractivity contribution in [2.75, 3.05) is 5.32 Å². The maximum Gasteiger partial charge on any atom is 0.337 e. The number of urea groups is 1. The van der Waals surface area contributed by atoms with E-state index >= 15 is 0 Å². The van der Waals surface area contributed by atoms with Crippen molar-refractivity contribution >= 4 is 17.7 Å². The molecule has 80 valence electrons. The summed E-state index contributed by atoms with van der Waals surface area (Å²) in [6.07, 6.45) is 0. The lowest BCUT2D eigenvalue weighted by Gasteiger charge is -2.06. The summed E-state index contributed by atoms with van der Waals surface area (Å²) in [5.74, 6) is -4.09. The van der Waals surface area contributed by atoms with Crippen LogP contribution in [0.15, 0.2) is 12.1 Å². The Morgan fingerprint density at radius 2 is 1.80 bits per heavy atom. The van der Waals surface area contributed by atoms with Crippen LogP contribution in [0.1, 0.15) is 10.4 Å². The minimum Gasteiger partial charge on any atom is -0.478 e. The summed E-state index contributed by atoms with van der Waals surface area (Å²) in [4.78, 5) is 21.0. The number of carboxylic acids is 1. The molecule has 0 aliphatic rings. The van der Waals surface area contributed by atoms with Crippen LogP contribution in [0, 0.1) is 11.6 Å². The summed E-state index contributed by atoms with van der Waals surface area (Å²) < 4.78 is 25.4. The number of benzene rings is 1. The number of hydrogen-bond donors (Lipinski definition) is 3. The minimum absolute atomic E-state index is 0.395. The van der Waals surface area contributed by atoms with E-state index < -0.39 is 34.9 Å². The van der Waals surface area contributed by atoms with Crippen molar-refractivity contribution in [3.8, 4) is 0 Å². The number of anilines is 1. The molecule has 0 fully saturated rings. The number of carbonyl (C=O) groups excluding carboxylic acids is 1. The molecule has 0 heterocycles. The van der Waals surface area contributed by atoms with Gasteiger partial charge in [0.25, 0.3) is 0 Å². The average Bonchev–Trinajstić information content (AvgIpc) is 2.09. The van der Waals surface area contributed by atoms with Gasteiger partial charge >= 0.3 is 12.0 Å². The molecule has 1 aromatic carbocycles. The number of rotatable bonds is 2. The predicted molar refractivity (Wildman–Crippen MR) is 46.5 cm³/mol. The van der Waals surface area contributed by atoms with Gasteiger partial charge in [0.2, 0.25) is 0 Å². The molecular formula is C8H6F2N2O3. The molecule has 0 aromatic heterocycles. The fraction of sp³-hybridized carbons (Fsp3) is 0. The molecule has 0 saturated heterocycles. The second-order valence-electron chi connectivity index (χ2n) is 2.61. The highest BCUT2D eigenvalue weighted by Crippen LogP contribution is 2.19. The Hall–Kier alpha value is -2.18. The zero-order valence-electron chi connectivity index (χ0n) is 7.25. The van der Waals surface area contributed by atoms with Gasteiger partial charge in [-0.25, -0.2) is 18.4 Å². The van der Waals surface area contributed by atoms with E-state index in [1.807, 2.05) is 5.32 Å². The van der Waals surface area contributed by atoms with Crippen LogP contribution in [-0.4, -0.2) is 17.1 Å². The number of amides is 2. The number of carbonyl (C=O) groups is 2. The molecule has 1 aromatic rings. The second-order valence-corrected chi connectivity index (χ2v) is 2.61. The van der Waals surface area contributed by atoms with Crippen LogP contribution in [0.4, 0.5) is 19.3 Å². The third kappa shape index (κ3) is 2.39.